The minimum Gasteiger partial charge on any atom is -0.462 e. The van der Waals surface area contributed by atoms with E-state index in [0.29, 0.717) is 59.4 Å². The van der Waals surface area contributed by atoms with Gasteiger partial charge in [0.05, 0.1) is 72.6 Å². The number of hydrogen-bond acceptors (Lipinski definition) is 11. The molecule has 4 amide bonds. The zero-order chi connectivity index (χ0) is 48.2. The van der Waals surface area contributed by atoms with Gasteiger partial charge in [0.2, 0.25) is 18.0 Å². The van der Waals surface area contributed by atoms with Gasteiger partial charge in [-0.15, -0.1) is 11.3 Å². The summed E-state index contributed by atoms with van der Waals surface area (Å²) in [4.78, 5) is 78.2. The standard InChI is InChI=1S/C50H57FN10O7S/c1-25(2)41(57-49(64)66-5)46(62)59-17-9-12-35(59)43-52-23-32(54-43)27-15-16-34-29(19-27)21-37-40-30(51)20-28(22-38(40)68-48(61(34)37)45-56-31-11-7-8-14-39(31)69-45)33-24-53-44(55-33)36-13-10-18-60(36)47(63)42(26(3)4)58-50(65)67-6/h15-16,19-26,35-36,41-42,48H,7-14,17-18H2,1-6H3,(H,52,54)(H,53,55)(H,57,64)(H,58,65)/t35-,36-,41?,42?,48?/m0/s1. The number of amides is 4. The Morgan fingerprint density at radius 1 is 0.783 bits per heavy atom. The molecule has 2 aromatic carbocycles. The average molecular weight is 961 g/mol. The van der Waals surface area contributed by atoms with Gasteiger partial charge >= 0.3 is 12.2 Å². The zero-order valence-electron chi connectivity index (χ0n) is 39.6. The van der Waals surface area contributed by atoms with E-state index in [2.05, 4.69) is 26.7 Å². The van der Waals surface area contributed by atoms with Crippen LogP contribution in [0.4, 0.5) is 14.0 Å². The van der Waals surface area contributed by atoms with Crippen LogP contribution in [0.1, 0.15) is 112 Å². The van der Waals surface area contributed by atoms with Crippen molar-refractivity contribution >= 4 is 46.2 Å². The smallest absolute Gasteiger partial charge is 0.407 e. The maximum Gasteiger partial charge on any atom is 0.407 e. The summed E-state index contributed by atoms with van der Waals surface area (Å²) in [6, 6.07) is 9.23. The Kier molecular flexibility index (Phi) is 12.4. The van der Waals surface area contributed by atoms with Gasteiger partial charge in [0.25, 0.3) is 0 Å². The highest BCUT2D eigenvalue weighted by Gasteiger charge is 2.40. The number of likely N-dealkylation sites (tertiary alicyclic amines) is 2. The van der Waals surface area contributed by atoms with Crippen LogP contribution in [0.15, 0.2) is 48.8 Å². The second-order valence-electron chi connectivity index (χ2n) is 19.1. The van der Waals surface area contributed by atoms with Crippen LogP contribution in [0.25, 0.3) is 44.7 Å². The van der Waals surface area contributed by atoms with E-state index in [9.17, 15) is 19.2 Å². The number of benzene rings is 2. The predicted octanol–water partition coefficient (Wildman–Crippen LogP) is 8.59. The highest BCUT2D eigenvalue weighted by Crippen LogP contribution is 2.48. The molecule has 0 saturated carbocycles. The highest BCUT2D eigenvalue weighted by atomic mass is 32.1. The number of fused-ring (bicyclic) bond motifs is 6. The number of rotatable bonds is 11. The summed E-state index contributed by atoms with van der Waals surface area (Å²) in [5.41, 5.74) is 5.66. The number of nitrogens with one attached hydrogen (secondary N) is 4. The SMILES string of the molecule is COC(=O)NC(C(=O)N1CCC[C@H]1c1ncc(-c2cc(F)c3c(c2)OC(c2nc4c(s2)CCCC4)n2c-3cc3cc(-c4cnc([C@@H]5CCCN5C(=O)C(NC(=O)OC)C(C)C)[nH]4)ccc32)[nH]1)C(C)C. The van der Waals surface area contributed by atoms with Gasteiger partial charge in [-0.25, -0.2) is 28.9 Å². The van der Waals surface area contributed by atoms with Crippen molar-refractivity contribution in [3.63, 3.8) is 0 Å². The number of H-pyrrole nitrogens is 2. The summed E-state index contributed by atoms with van der Waals surface area (Å²) in [6.45, 7) is 8.57. The molecule has 2 saturated heterocycles. The minimum atomic E-state index is -0.773. The number of aromatic nitrogens is 6. The second kappa shape index (κ2) is 18.6. The Morgan fingerprint density at radius 3 is 1.96 bits per heavy atom. The van der Waals surface area contributed by atoms with Gasteiger partial charge in [0, 0.05) is 34.5 Å². The molecule has 17 nitrogen and oxygen atoms in total. The van der Waals surface area contributed by atoms with Crippen LogP contribution in [0.2, 0.25) is 0 Å². The number of carbonyl (C=O) groups is 4. The Morgan fingerprint density at radius 2 is 1.38 bits per heavy atom. The lowest BCUT2D eigenvalue weighted by molar-refractivity contribution is -0.136. The zero-order valence-corrected chi connectivity index (χ0v) is 40.4. The molecule has 0 radical (unpaired) electrons. The van der Waals surface area contributed by atoms with Gasteiger partial charge < -0.3 is 44.6 Å². The molecule has 1 aliphatic carbocycles. The monoisotopic (exact) mass is 960 g/mol. The Bertz CT molecular complexity index is 2930. The largest absolute Gasteiger partial charge is 0.462 e. The summed E-state index contributed by atoms with van der Waals surface area (Å²) in [6.07, 6.45) is 8.45. The first-order chi connectivity index (χ1) is 33.3. The van der Waals surface area contributed by atoms with E-state index in [1.807, 2.05) is 56.5 Å². The number of aromatic amines is 2. The van der Waals surface area contributed by atoms with Gasteiger partial charge in [-0.2, -0.15) is 0 Å². The molecule has 69 heavy (non-hydrogen) atoms. The van der Waals surface area contributed by atoms with E-state index in [1.165, 1.54) is 25.2 Å². The number of carbonyl (C=O) groups excluding carboxylic acids is 4. The number of ether oxygens (including phenoxy) is 3. The Hall–Kier alpha value is -6.76. The maximum atomic E-state index is 17.0. The number of methoxy groups -OCH3 is 2. The molecular formula is C50H57FN10O7S. The maximum absolute atomic E-state index is 17.0. The molecule has 362 valence electrons. The summed E-state index contributed by atoms with van der Waals surface area (Å²) in [5.74, 6) is 0.407. The molecule has 4 aliphatic rings. The fraction of sp³-hybridized carbons (Fsp3) is 0.460. The predicted molar refractivity (Wildman–Crippen MR) is 256 cm³/mol. The molecule has 19 heteroatoms. The van der Waals surface area contributed by atoms with Crippen LogP contribution in [0, 0.1) is 17.7 Å². The molecule has 7 heterocycles. The Balaban J connectivity index is 0.974. The van der Waals surface area contributed by atoms with Crippen LogP contribution in [-0.2, 0) is 31.9 Å². The normalized spacial score (nSPS) is 19.5. The van der Waals surface area contributed by atoms with E-state index >= 15 is 4.39 Å². The lowest BCUT2D eigenvalue weighted by Gasteiger charge is -2.30. The van der Waals surface area contributed by atoms with E-state index in [0.717, 1.165) is 77.8 Å². The molecule has 2 fully saturated rings. The van der Waals surface area contributed by atoms with Crippen molar-refractivity contribution in [3.8, 4) is 39.5 Å². The fourth-order valence-electron chi connectivity index (χ4n) is 10.4. The van der Waals surface area contributed by atoms with Crippen molar-refractivity contribution in [2.75, 3.05) is 27.3 Å². The van der Waals surface area contributed by atoms with Gasteiger partial charge in [0.1, 0.15) is 35.3 Å². The molecule has 10 rings (SSSR count). The van der Waals surface area contributed by atoms with Crippen molar-refractivity contribution < 1.29 is 37.8 Å². The van der Waals surface area contributed by atoms with Crippen molar-refractivity contribution in [3.05, 3.63) is 81.8 Å². The number of thiazole rings is 1. The number of hydrogen-bond donors (Lipinski definition) is 4. The van der Waals surface area contributed by atoms with Crippen LogP contribution in [0.3, 0.4) is 0 Å². The Labute approximate surface area is 402 Å². The van der Waals surface area contributed by atoms with E-state index in [4.69, 9.17) is 29.2 Å². The topological polar surface area (TPSA) is 202 Å². The third-order valence-corrected chi connectivity index (χ3v) is 15.2. The lowest BCUT2D eigenvalue weighted by Crippen LogP contribution is -2.51. The average Bonchev–Trinajstić information content (AvgIpc) is 4.21. The molecular weight excluding hydrogens is 904 g/mol. The summed E-state index contributed by atoms with van der Waals surface area (Å²) >= 11 is 1.65. The molecule has 5 atom stereocenters. The van der Waals surface area contributed by atoms with E-state index in [1.54, 1.807) is 33.5 Å². The van der Waals surface area contributed by atoms with Crippen molar-refractivity contribution in [1.29, 1.82) is 0 Å². The summed E-state index contributed by atoms with van der Waals surface area (Å²) in [5, 5.41) is 7.06. The summed E-state index contributed by atoms with van der Waals surface area (Å²) in [7, 11) is 2.55. The molecule has 0 spiro atoms. The van der Waals surface area contributed by atoms with Crippen LogP contribution in [0.5, 0.6) is 5.75 Å². The van der Waals surface area contributed by atoms with Gasteiger partial charge in [-0.05, 0) is 93.5 Å². The van der Waals surface area contributed by atoms with Gasteiger partial charge in [-0.3, -0.25) is 14.2 Å². The van der Waals surface area contributed by atoms with Crippen molar-refractivity contribution in [2.45, 2.75) is 109 Å². The van der Waals surface area contributed by atoms with Crippen LogP contribution >= 0.6 is 11.3 Å². The van der Waals surface area contributed by atoms with Crippen molar-refractivity contribution in [1.82, 2.24) is 49.9 Å². The summed E-state index contributed by atoms with van der Waals surface area (Å²) < 4.78 is 35.5. The first-order valence-corrected chi connectivity index (χ1v) is 24.7. The number of nitrogens with zero attached hydrogens (tertiary/aromatic N) is 6. The van der Waals surface area contributed by atoms with E-state index < -0.39 is 36.3 Å². The minimum absolute atomic E-state index is 0.153. The third-order valence-electron chi connectivity index (χ3n) is 14.0. The van der Waals surface area contributed by atoms with Crippen LogP contribution in [-0.4, -0.2) is 103 Å². The fourth-order valence-corrected chi connectivity index (χ4v) is 11.6. The quantitative estimate of drug-likeness (QED) is 0.0975. The number of halogens is 1. The molecule has 0 bridgehead atoms. The molecule has 4 N–H and O–H groups in total. The first kappa shape index (κ1) is 46.0. The molecule has 6 aromatic rings. The molecule has 4 aromatic heterocycles. The highest BCUT2D eigenvalue weighted by molar-refractivity contribution is 7.11. The van der Waals surface area contributed by atoms with Gasteiger partial charge in [-0.1, -0.05) is 33.8 Å². The number of alkyl carbamates (subject to hydrolysis) is 2. The van der Waals surface area contributed by atoms with E-state index in [-0.39, 0.29) is 35.7 Å². The first-order valence-electron chi connectivity index (χ1n) is 23.9. The third kappa shape index (κ3) is 8.48. The van der Waals surface area contributed by atoms with Gasteiger partial charge in [0.15, 0.2) is 5.01 Å². The molecule has 3 unspecified atom stereocenters. The second-order valence-corrected chi connectivity index (χ2v) is 20.2. The number of aryl methyl sites for hydroxylation is 2. The van der Waals surface area contributed by atoms with Crippen LogP contribution < -0.4 is 15.4 Å². The van der Waals surface area contributed by atoms with Crippen molar-refractivity contribution in [2.24, 2.45) is 11.8 Å². The molecule has 3 aliphatic heterocycles. The lowest BCUT2D eigenvalue weighted by atomic mass is 10.0. The number of imidazole rings is 2.